The van der Waals surface area contributed by atoms with E-state index in [-0.39, 0.29) is 11.4 Å². The highest BCUT2D eigenvalue weighted by Gasteiger charge is 2.30. The molecular weight excluding hydrogens is 494 g/mol. The second kappa shape index (κ2) is 10.1. The van der Waals surface area contributed by atoms with Gasteiger partial charge in [-0.1, -0.05) is 48.5 Å². The van der Waals surface area contributed by atoms with E-state index in [1.165, 1.54) is 30.3 Å². The number of para-hydroxylation sites is 1. The van der Waals surface area contributed by atoms with Crippen molar-refractivity contribution in [1.82, 2.24) is 15.1 Å². The van der Waals surface area contributed by atoms with E-state index in [1.54, 1.807) is 24.3 Å². The maximum Gasteiger partial charge on any atom is 0.416 e. The van der Waals surface area contributed by atoms with Gasteiger partial charge in [-0.2, -0.15) is 23.0 Å². The number of nitrogens with one attached hydrogen (secondary N) is 1. The van der Waals surface area contributed by atoms with Crippen molar-refractivity contribution >= 4 is 11.9 Å². The number of rotatable bonds is 7. The summed E-state index contributed by atoms with van der Waals surface area (Å²) in [6.45, 7) is 0. The lowest BCUT2D eigenvalue weighted by molar-refractivity contribution is -0.138. The Morgan fingerprint density at radius 1 is 0.946 bits per heavy atom. The number of carboxylic acid groups (broad SMARTS) is 1. The molecule has 0 bridgehead atoms. The molecule has 190 valence electrons. The van der Waals surface area contributed by atoms with Crippen LogP contribution in [0.25, 0.3) is 16.8 Å². The lowest BCUT2D eigenvalue weighted by Crippen LogP contribution is -2.30. The monoisotopic (exact) mass is 513 g/mol. The predicted octanol–water partition coefficient (Wildman–Crippen LogP) is 5.35. The van der Waals surface area contributed by atoms with E-state index in [4.69, 9.17) is 0 Å². The molecule has 4 rings (SSSR count). The van der Waals surface area contributed by atoms with Gasteiger partial charge in [-0.3, -0.25) is 9.59 Å². The van der Waals surface area contributed by atoms with Crippen LogP contribution < -0.4 is 5.32 Å². The van der Waals surface area contributed by atoms with E-state index < -0.39 is 47.8 Å². The number of aliphatic carboxylic acids is 1. The average molecular weight is 513 g/mol. The highest BCUT2D eigenvalue weighted by Crippen LogP contribution is 2.31. The molecule has 0 aliphatic carbocycles. The molecule has 0 saturated heterocycles. The fourth-order valence-electron chi connectivity index (χ4n) is 3.70. The van der Waals surface area contributed by atoms with Gasteiger partial charge in [-0.15, -0.1) is 0 Å². The molecule has 7 nitrogen and oxygen atoms in total. The summed E-state index contributed by atoms with van der Waals surface area (Å²) in [4.78, 5) is 24.3. The van der Waals surface area contributed by atoms with Crippen LogP contribution in [-0.2, 0) is 11.0 Å². The van der Waals surface area contributed by atoms with Crippen molar-refractivity contribution < 1.29 is 37.4 Å². The lowest BCUT2D eigenvalue weighted by atomic mass is 9.98. The molecule has 0 radical (unpaired) electrons. The summed E-state index contributed by atoms with van der Waals surface area (Å²) >= 11 is 0. The molecule has 1 unspecified atom stereocenters. The number of carboxylic acids is 1. The first kappa shape index (κ1) is 25.4. The maximum atomic E-state index is 14.1. The van der Waals surface area contributed by atoms with Crippen molar-refractivity contribution in [3.05, 3.63) is 102 Å². The molecule has 4 aromatic rings. The minimum atomic E-state index is -4.45. The van der Waals surface area contributed by atoms with Gasteiger partial charge in [0.05, 0.1) is 18.0 Å². The molecule has 3 aromatic carbocycles. The third-order valence-electron chi connectivity index (χ3n) is 5.55. The molecule has 1 heterocycles. The van der Waals surface area contributed by atoms with Crippen LogP contribution in [0, 0.1) is 5.82 Å². The van der Waals surface area contributed by atoms with E-state index in [2.05, 4.69) is 10.4 Å². The van der Waals surface area contributed by atoms with Crippen molar-refractivity contribution in [2.45, 2.75) is 18.6 Å². The molecule has 0 spiro atoms. The van der Waals surface area contributed by atoms with Gasteiger partial charge in [0.2, 0.25) is 5.88 Å². The Hall–Kier alpha value is -4.67. The minimum Gasteiger partial charge on any atom is -0.493 e. The second-order valence-electron chi connectivity index (χ2n) is 8.07. The van der Waals surface area contributed by atoms with Gasteiger partial charge >= 0.3 is 12.1 Å². The number of aromatic nitrogens is 2. The number of carbonyl (C=O) groups excluding carboxylic acids is 1. The molecule has 1 aromatic heterocycles. The van der Waals surface area contributed by atoms with Gasteiger partial charge in [0.25, 0.3) is 5.91 Å². The molecule has 0 aliphatic heterocycles. The number of hydrogen-bond donors (Lipinski definition) is 3. The van der Waals surface area contributed by atoms with Crippen molar-refractivity contribution in [1.29, 1.82) is 0 Å². The maximum absolute atomic E-state index is 14.1. The first-order valence-electron chi connectivity index (χ1n) is 10.9. The summed E-state index contributed by atoms with van der Waals surface area (Å²) in [5, 5.41) is 26.0. The Balaban J connectivity index is 1.55. The van der Waals surface area contributed by atoms with Crippen molar-refractivity contribution in [2.75, 3.05) is 0 Å². The predicted molar refractivity (Wildman–Crippen MR) is 125 cm³/mol. The van der Waals surface area contributed by atoms with E-state index in [0.717, 1.165) is 28.9 Å². The van der Waals surface area contributed by atoms with Gasteiger partial charge < -0.3 is 15.5 Å². The zero-order chi connectivity index (χ0) is 26.7. The first-order chi connectivity index (χ1) is 17.5. The molecule has 3 N–H and O–H groups in total. The molecule has 0 fully saturated rings. The van der Waals surface area contributed by atoms with E-state index in [9.17, 15) is 37.4 Å². The number of halogens is 4. The fraction of sp³-hybridized carbons (Fsp3) is 0.115. The molecule has 0 saturated carbocycles. The lowest BCUT2D eigenvalue weighted by Gasteiger charge is -2.17. The number of benzene rings is 3. The number of nitrogens with zero attached hydrogens (tertiary/aromatic N) is 2. The average Bonchev–Trinajstić information content (AvgIpc) is 3.25. The molecule has 11 heteroatoms. The summed E-state index contributed by atoms with van der Waals surface area (Å²) in [7, 11) is 0. The second-order valence-corrected chi connectivity index (χ2v) is 8.07. The number of aromatic hydroxyl groups is 1. The van der Waals surface area contributed by atoms with Gasteiger partial charge in [0.15, 0.2) is 5.69 Å². The fourth-order valence-corrected chi connectivity index (χ4v) is 3.70. The van der Waals surface area contributed by atoms with Crippen LogP contribution in [0.5, 0.6) is 5.88 Å². The normalized spacial score (nSPS) is 12.2. The quantitative estimate of drug-likeness (QED) is 0.289. The van der Waals surface area contributed by atoms with Crippen molar-refractivity contribution in [3.63, 3.8) is 0 Å². The smallest absolute Gasteiger partial charge is 0.416 e. The number of alkyl halides is 3. The Kier molecular flexibility index (Phi) is 6.96. The Morgan fingerprint density at radius 3 is 2.11 bits per heavy atom. The van der Waals surface area contributed by atoms with Crippen molar-refractivity contribution in [3.8, 4) is 22.7 Å². The standard InChI is InChI=1S/C26H19F4N3O4/c27-19-3-1-2-4-22(19)33-23(34)13-21(32-33)25(37)31-20(14-24(35)36)17-7-5-15(6-8-17)16-9-11-18(12-10-16)26(28,29)30/h1-13,20,34H,14H2,(H,31,37)(H,35,36). The Bertz CT molecular complexity index is 1430. The first-order valence-corrected chi connectivity index (χ1v) is 10.9. The molecule has 0 aliphatic rings. The highest BCUT2D eigenvalue weighted by atomic mass is 19.4. The Morgan fingerprint density at radius 2 is 1.54 bits per heavy atom. The molecule has 1 amide bonds. The largest absolute Gasteiger partial charge is 0.493 e. The number of carbonyl (C=O) groups is 2. The van der Waals surface area contributed by atoms with Gasteiger partial charge in [-0.25, -0.2) is 4.39 Å². The third-order valence-corrected chi connectivity index (χ3v) is 5.55. The van der Waals surface area contributed by atoms with Crippen LogP contribution in [-0.4, -0.2) is 31.9 Å². The zero-order valence-electron chi connectivity index (χ0n) is 18.9. The Labute approximate surface area is 207 Å². The van der Waals surface area contributed by atoms with Crippen LogP contribution in [0.4, 0.5) is 17.6 Å². The van der Waals surface area contributed by atoms with Gasteiger partial charge in [-0.05, 0) is 41.0 Å². The van der Waals surface area contributed by atoms with Crippen LogP contribution in [0.15, 0.2) is 78.9 Å². The summed E-state index contributed by atoms with van der Waals surface area (Å²) < 4.78 is 53.3. The molecular formula is C26H19F4N3O4. The van der Waals surface area contributed by atoms with Gasteiger partial charge in [0, 0.05) is 6.07 Å². The van der Waals surface area contributed by atoms with E-state index in [1.807, 2.05) is 0 Å². The number of amides is 1. The van der Waals surface area contributed by atoms with Crippen molar-refractivity contribution in [2.24, 2.45) is 0 Å². The topological polar surface area (TPSA) is 104 Å². The summed E-state index contributed by atoms with van der Waals surface area (Å²) in [5.74, 6) is -3.17. The third kappa shape index (κ3) is 5.77. The van der Waals surface area contributed by atoms with Crippen LogP contribution in [0.3, 0.4) is 0 Å². The zero-order valence-corrected chi connectivity index (χ0v) is 18.9. The van der Waals surface area contributed by atoms with Crippen LogP contribution in [0.1, 0.15) is 34.1 Å². The SMILES string of the molecule is O=C(O)CC(NC(=O)c1cc(O)n(-c2ccccc2F)n1)c1ccc(-c2ccc(C(F)(F)F)cc2)cc1. The van der Waals surface area contributed by atoms with Gasteiger partial charge in [0.1, 0.15) is 11.5 Å². The van der Waals surface area contributed by atoms with Crippen LogP contribution in [0.2, 0.25) is 0 Å². The van der Waals surface area contributed by atoms with E-state index in [0.29, 0.717) is 16.7 Å². The summed E-state index contributed by atoms with van der Waals surface area (Å²) in [5.41, 5.74) is 0.404. The van der Waals surface area contributed by atoms with Crippen LogP contribution >= 0.6 is 0 Å². The number of hydrogen-bond acceptors (Lipinski definition) is 4. The summed E-state index contributed by atoms with van der Waals surface area (Å²) in [6.07, 6.45) is -4.93. The minimum absolute atomic E-state index is 0.0833. The van der Waals surface area contributed by atoms with E-state index >= 15 is 0 Å². The molecule has 37 heavy (non-hydrogen) atoms. The molecule has 1 atom stereocenters. The highest BCUT2D eigenvalue weighted by molar-refractivity contribution is 5.93. The summed E-state index contributed by atoms with van der Waals surface area (Å²) in [6, 6.07) is 16.4.